The molecule has 0 radical (unpaired) electrons. The number of hydrogen-bond acceptors (Lipinski definition) is 6. The van der Waals surface area contributed by atoms with Crippen molar-refractivity contribution in [3.63, 3.8) is 0 Å². The third kappa shape index (κ3) is 2.78. The van der Waals surface area contributed by atoms with Crippen LogP contribution in [-0.4, -0.2) is 24.9 Å². The van der Waals surface area contributed by atoms with Crippen LogP contribution in [0.3, 0.4) is 0 Å². The summed E-state index contributed by atoms with van der Waals surface area (Å²) < 4.78 is 25.6. The first kappa shape index (κ1) is 19.1. The van der Waals surface area contributed by atoms with E-state index in [9.17, 15) is 23.3 Å². The first-order valence-electron chi connectivity index (χ1n) is 8.97. The minimum absolute atomic E-state index is 0.0318. The lowest BCUT2D eigenvalue weighted by atomic mass is 9.69. The Kier molecular flexibility index (Phi) is 4.21. The van der Waals surface area contributed by atoms with Crippen molar-refractivity contribution in [3.05, 3.63) is 60.8 Å². The molecule has 0 fully saturated rings. The van der Waals surface area contributed by atoms with Gasteiger partial charge in [-0.2, -0.15) is 0 Å². The third-order valence-corrected chi connectivity index (χ3v) is 8.00. The van der Waals surface area contributed by atoms with Gasteiger partial charge in [-0.05, 0) is 24.5 Å². The van der Waals surface area contributed by atoms with Gasteiger partial charge in [0.25, 0.3) is 5.69 Å². The van der Waals surface area contributed by atoms with Crippen LogP contribution < -0.4 is 5.32 Å². The van der Waals surface area contributed by atoms with Crippen molar-refractivity contribution < 1.29 is 18.1 Å². The normalized spacial score (nSPS) is 25.2. The van der Waals surface area contributed by atoms with E-state index in [0.717, 1.165) is 5.70 Å². The standard InChI is InChI=1S/C19H19ClN2O5S/c1-19(2)7-5-12-16(18(19)23)15(17-13(21-12)6-8-28(17,26)27)10-3-4-11(20)14(9-10)22(24)25/h3-4,9,15,21H,5-8H2,1-2H3. The fourth-order valence-corrected chi connectivity index (χ4v) is 6.26. The maximum atomic E-state index is 13.3. The highest BCUT2D eigenvalue weighted by molar-refractivity contribution is 7.95. The molecule has 0 saturated carbocycles. The number of benzene rings is 1. The van der Waals surface area contributed by atoms with Crippen molar-refractivity contribution in [2.45, 2.75) is 39.0 Å². The average Bonchev–Trinajstić information content (AvgIpc) is 2.92. The van der Waals surface area contributed by atoms with Crippen molar-refractivity contribution in [2.75, 3.05) is 5.75 Å². The van der Waals surface area contributed by atoms with Crippen LogP contribution in [0.25, 0.3) is 0 Å². The van der Waals surface area contributed by atoms with Gasteiger partial charge in [0.2, 0.25) is 0 Å². The molecular formula is C19H19ClN2O5S. The molecule has 1 atom stereocenters. The number of dihydropyridines is 1. The molecule has 0 saturated heterocycles. The summed E-state index contributed by atoms with van der Waals surface area (Å²) in [5.74, 6) is -1.01. The number of rotatable bonds is 2. The quantitative estimate of drug-likeness (QED) is 0.576. The van der Waals surface area contributed by atoms with Gasteiger partial charge in [0.05, 0.1) is 21.5 Å². The zero-order chi connectivity index (χ0) is 20.4. The number of nitrogens with one attached hydrogen (secondary N) is 1. The lowest BCUT2D eigenvalue weighted by molar-refractivity contribution is -0.384. The molecule has 7 nitrogen and oxygen atoms in total. The van der Waals surface area contributed by atoms with Gasteiger partial charge in [0.15, 0.2) is 15.6 Å². The second-order valence-corrected chi connectivity index (χ2v) is 10.5. The van der Waals surface area contributed by atoms with E-state index < -0.39 is 26.1 Å². The number of carbonyl (C=O) groups excluding carboxylic acids is 1. The molecule has 9 heteroatoms. The summed E-state index contributed by atoms with van der Waals surface area (Å²) in [6, 6.07) is 4.25. The Hall–Kier alpha value is -2.19. The van der Waals surface area contributed by atoms with Gasteiger partial charge in [-0.25, -0.2) is 8.42 Å². The number of halogens is 1. The number of nitro groups is 1. The highest BCUT2D eigenvalue weighted by Crippen LogP contribution is 2.51. The molecule has 148 valence electrons. The van der Waals surface area contributed by atoms with Crippen LogP contribution >= 0.6 is 11.6 Å². The number of sulfone groups is 1. The molecule has 2 aliphatic heterocycles. The van der Waals surface area contributed by atoms with Crippen LogP contribution in [0.2, 0.25) is 5.02 Å². The molecule has 1 unspecified atom stereocenters. The monoisotopic (exact) mass is 422 g/mol. The van der Waals surface area contributed by atoms with E-state index in [2.05, 4.69) is 5.32 Å². The fraction of sp³-hybridized carbons (Fsp3) is 0.421. The van der Waals surface area contributed by atoms with Gasteiger partial charge < -0.3 is 5.32 Å². The first-order valence-corrected chi connectivity index (χ1v) is 11.0. The van der Waals surface area contributed by atoms with Crippen LogP contribution in [0, 0.1) is 15.5 Å². The van der Waals surface area contributed by atoms with E-state index in [4.69, 9.17) is 11.6 Å². The third-order valence-electron chi connectivity index (χ3n) is 5.79. The van der Waals surface area contributed by atoms with E-state index in [-0.39, 0.29) is 27.2 Å². The molecule has 0 amide bonds. The Labute approximate surface area is 167 Å². The summed E-state index contributed by atoms with van der Waals surface area (Å²) in [5, 5.41) is 14.5. The Morgan fingerprint density at radius 3 is 2.64 bits per heavy atom. The van der Waals surface area contributed by atoms with Crippen molar-refractivity contribution in [3.8, 4) is 0 Å². The number of Topliss-reactive ketones (excluding diaryl/α,β-unsaturated/α-hetero) is 1. The van der Waals surface area contributed by atoms with Crippen LogP contribution in [0.4, 0.5) is 5.69 Å². The zero-order valence-electron chi connectivity index (χ0n) is 15.4. The van der Waals surface area contributed by atoms with Crippen molar-refractivity contribution in [1.29, 1.82) is 0 Å². The molecule has 1 aliphatic carbocycles. The van der Waals surface area contributed by atoms with Gasteiger partial charge in [-0.15, -0.1) is 0 Å². The van der Waals surface area contributed by atoms with Gasteiger partial charge in [0.1, 0.15) is 5.02 Å². The predicted molar refractivity (Wildman–Crippen MR) is 104 cm³/mol. The molecule has 0 aromatic heterocycles. The van der Waals surface area contributed by atoms with Gasteiger partial charge >= 0.3 is 0 Å². The highest BCUT2D eigenvalue weighted by Gasteiger charge is 2.48. The minimum atomic E-state index is -3.57. The van der Waals surface area contributed by atoms with Crippen molar-refractivity contribution >= 4 is 32.9 Å². The highest BCUT2D eigenvalue weighted by atomic mass is 35.5. The fourth-order valence-electron chi connectivity index (χ4n) is 4.24. The number of allylic oxidation sites excluding steroid dienone is 4. The zero-order valence-corrected chi connectivity index (χ0v) is 17.0. The molecule has 2 heterocycles. The van der Waals surface area contributed by atoms with E-state index >= 15 is 0 Å². The molecule has 3 aliphatic rings. The molecule has 1 aromatic carbocycles. The molecule has 1 aromatic rings. The lowest BCUT2D eigenvalue weighted by Crippen LogP contribution is -2.39. The topological polar surface area (TPSA) is 106 Å². The Bertz CT molecular complexity index is 1100. The van der Waals surface area contributed by atoms with Crippen molar-refractivity contribution in [1.82, 2.24) is 5.32 Å². The largest absolute Gasteiger partial charge is 0.361 e. The van der Waals surface area contributed by atoms with Gasteiger partial charge in [0, 0.05) is 34.9 Å². The Balaban J connectivity index is 1.98. The first-order chi connectivity index (χ1) is 13.0. The van der Waals surface area contributed by atoms with Gasteiger partial charge in [-0.1, -0.05) is 31.5 Å². The number of nitro benzene ring substituents is 1. The molecule has 28 heavy (non-hydrogen) atoms. The summed E-state index contributed by atoms with van der Waals surface area (Å²) >= 11 is 5.95. The average molecular weight is 423 g/mol. The SMILES string of the molecule is CC1(C)CCC2=C(C1=O)C(c1ccc(Cl)c([N+](=O)[O-])c1)C1=C(CCS1(=O)=O)N2. The Morgan fingerprint density at radius 1 is 1.25 bits per heavy atom. The summed E-state index contributed by atoms with van der Waals surface area (Å²) in [7, 11) is -3.57. The van der Waals surface area contributed by atoms with E-state index in [1.54, 1.807) is 6.07 Å². The van der Waals surface area contributed by atoms with Crippen LogP contribution in [0.5, 0.6) is 0 Å². The summed E-state index contributed by atoms with van der Waals surface area (Å²) in [6.07, 6.45) is 1.62. The number of hydrogen-bond donors (Lipinski definition) is 1. The van der Waals surface area contributed by atoms with Gasteiger partial charge in [-0.3, -0.25) is 14.9 Å². The van der Waals surface area contributed by atoms with E-state index in [1.807, 2.05) is 13.8 Å². The van der Waals surface area contributed by atoms with Crippen molar-refractivity contribution in [2.24, 2.45) is 5.41 Å². The predicted octanol–water partition coefficient (Wildman–Crippen LogP) is 3.61. The molecule has 0 bridgehead atoms. The van der Waals surface area contributed by atoms with Crippen LogP contribution in [-0.2, 0) is 14.6 Å². The van der Waals surface area contributed by atoms with E-state index in [0.29, 0.717) is 36.1 Å². The number of ketones is 1. The number of nitrogens with zero attached hydrogens (tertiary/aromatic N) is 1. The molecule has 4 rings (SSSR count). The summed E-state index contributed by atoms with van der Waals surface area (Å²) in [5.41, 5.74) is 1.18. The lowest BCUT2D eigenvalue weighted by Gasteiger charge is -2.38. The molecule has 1 N–H and O–H groups in total. The van der Waals surface area contributed by atoms with E-state index in [1.165, 1.54) is 12.1 Å². The maximum absolute atomic E-state index is 13.3. The minimum Gasteiger partial charge on any atom is -0.361 e. The number of carbonyl (C=O) groups is 1. The second kappa shape index (κ2) is 6.15. The smallest absolute Gasteiger partial charge is 0.288 e. The van der Waals surface area contributed by atoms with Crippen LogP contribution in [0.15, 0.2) is 40.1 Å². The van der Waals surface area contributed by atoms with Crippen LogP contribution in [0.1, 0.15) is 44.6 Å². The summed E-state index contributed by atoms with van der Waals surface area (Å²) in [6.45, 7) is 3.68. The maximum Gasteiger partial charge on any atom is 0.288 e. The Morgan fingerprint density at radius 2 is 1.96 bits per heavy atom. The molecular weight excluding hydrogens is 404 g/mol. The summed E-state index contributed by atoms with van der Waals surface area (Å²) in [4.78, 5) is 24.2. The second-order valence-electron chi connectivity index (χ2n) is 8.04. The molecule has 0 spiro atoms.